The molecule has 0 saturated heterocycles. The van der Waals surface area contributed by atoms with Crippen molar-refractivity contribution in [2.24, 2.45) is 0 Å². The number of rotatable bonds is 2. The van der Waals surface area contributed by atoms with Gasteiger partial charge < -0.3 is 4.74 Å². The van der Waals surface area contributed by atoms with E-state index in [1.165, 1.54) is 12.7 Å². The summed E-state index contributed by atoms with van der Waals surface area (Å²) in [6.07, 6.45) is 2.49. The molecule has 0 bridgehead atoms. The van der Waals surface area contributed by atoms with Crippen molar-refractivity contribution in [2.75, 3.05) is 0 Å². The minimum atomic E-state index is -0.594. The van der Waals surface area contributed by atoms with E-state index >= 15 is 0 Å². The van der Waals surface area contributed by atoms with Crippen molar-refractivity contribution < 1.29 is 9.53 Å². The van der Waals surface area contributed by atoms with Crippen LogP contribution in [0, 0.1) is 0 Å². The second-order valence-electron chi connectivity index (χ2n) is 2.66. The molecule has 0 amide bonds. The fraction of sp³-hybridized carbons (Fsp3) is 0. The molecule has 5 heteroatoms. The molecule has 1 aromatic carbocycles. The average Bonchev–Trinajstić information content (AvgIpc) is 2.31. The van der Waals surface area contributed by atoms with Gasteiger partial charge >= 0.3 is 5.97 Å². The van der Waals surface area contributed by atoms with Gasteiger partial charge in [-0.25, -0.2) is 19.7 Å². The molecule has 0 spiro atoms. The van der Waals surface area contributed by atoms with Gasteiger partial charge in [0.2, 0.25) is 5.82 Å². The molecule has 0 aliphatic carbocycles. The Morgan fingerprint density at radius 2 is 1.73 bits per heavy atom. The molecule has 15 heavy (non-hydrogen) atoms. The van der Waals surface area contributed by atoms with Gasteiger partial charge in [0.1, 0.15) is 18.4 Å². The summed E-state index contributed by atoms with van der Waals surface area (Å²) < 4.78 is 5.01. The molecule has 0 radical (unpaired) electrons. The lowest BCUT2D eigenvalue weighted by molar-refractivity contribution is 0.0721. The number of ether oxygens (including phenoxy) is 1. The summed E-state index contributed by atoms with van der Waals surface area (Å²) >= 11 is 0. The molecule has 0 aliphatic rings. The Hall–Kier alpha value is -2.30. The van der Waals surface area contributed by atoms with Crippen LogP contribution in [0.15, 0.2) is 43.0 Å². The van der Waals surface area contributed by atoms with E-state index in [9.17, 15) is 4.79 Å². The van der Waals surface area contributed by atoms with Crippen molar-refractivity contribution >= 4 is 5.97 Å². The van der Waals surface area contributed by atoms with E-state index in [4.69, 9.17) is 4.74 Å². The fourth-order valence-corrected chi connectivity index (χ4v) is 0.986. The van der Waals surface area contributed by atoms with E-state index < -0.39 is 5.97 Å². The van der Waals surface area contributed by atoms with Gasteiger partial charge in [0, 0.05) is 0 Å². The van der Waals surface area contributed by atoms with Gasteiger partial charge in [-0.15, -0.1) is 0 Å². The van der Waals surface area contributed by atoms with Crippen molar-refractivity contribution in [2.45, 2.75) is 0 Å². The molecule has 0 aliphatic heterocycles. The molecule has 2 aromatic rings. The summed E-state index contributed by atoms with van der Waals surface area (Å²) in [6.45, 7) is 0. The highest BCUT2D eigenvalue weighted by Crippen LogP contribution is 2.09. The molecule has 0 unspecified atom stereocenters. The van der Waals surface area contributed by atoms with Crippen LogP contribution in [0.1, 0.15) is 10.6 Å². The Labute approximate surface area is 85.8 Å². The summed E-state index contributed by atoms with van der Waals surface area (Å²) in [5.74, 6) is -0.139. The smallest absolute Gasteiger partial charge is 0.381 e. The van der Waals surface area contributed by atoms with E-state index in [2.05, 4.69) is 15.0 Å². The van der Waals surface area contributed by atoms with Gasteiger partial charge in [-0.1, -0.05) is 18.2 Å². The number of aromatic nitrogens is 3. The molecule has 2 rings (SSSR count). The Morgan fingerprint density at radius 1 is 1.07 bits per heavy atom. The van der Waals surface area contributed by atoms with Gasteiger partial charge in [0.15, 0.2) is 0 Å². The minimum absolute atomic E-state index is 0.00569. The van der Waals surface area contributed by atoms with Crippen molar-refractivity contribution in [3.63, 3.8) is 0 Å². The third-order valence-electron chi connectivity index (χ3n) is 1.63. The first kappa shape index (κ1) is 9.26. The molecule has 5 nitrogen and oxygen atoms in total. The summed E-state index contributed by atoms with van der Waals surface area (Å²) in [5, 5.41) is 0. The maximum Gasteiger partial charge on any atom is 0.381 e. The zero-order valence-electron chi connectivity index (χ0n) is 7.70. The maximum absolute atomic E-state index is 11.4. The first-order valence-corrected chi connectivity index (χ1v) is 4.25. The van der Waals surface area contributed by atoms with E-state index in [1.807, 2.05) is 6.07 Å². The zero-order valence-corrected chi connectivity index (χ0v) is 7.70. The van der Waals surface area contributed by atoms with Crippen LogP contribution in [0.3, 0.4) is 0 Å². The van der Waals surface area contributed by atoms with E-state index in [0.717, 1.165) is 0 Å². The summed E-state index contributed by atoms with van der Waals surface area (Å²) in [5.41, 5.74) is 0. The van der Waals surface area contributed by atoms with E-state index in [1.54, 1.807) is 24.3 Å². The van der Waals surface area contributed by atoms with Crippen LogP contribution in [-0.4, -0.2) is 20.9 Å². The lowest BCUT2D eigenvalue weighted by Gasteiger charge is -2.01. The Kier molecular flexibility index (Phi) is 2.64. The number of esters is 1. The SMILES string of the molecule is O=C(Oc1ccccc1)c1ncncn1. The lowest BCUT2D eigenvalue weighted by atomic mass is 10.3. The number of carbonyl (C=O) groups is 1. The standard InChI is InChI=1S/C10H7N3O2/c14-10(9-12-6-11-7-13-9)15-8-4-2-1-3-5-8/h1-7H. The van der Waals surface area contributed by atoms with Crippen LogP contribution in [0.5, 0.6) is 5.75 Å². The zero-order chi connectivity index (χ0) is 10.5. The van der Waals surface area contributed by atoms with Gasteiger partial charge in [-0.3, -0.25) is 0 Å². The summed E-state index contributed by atoms with van der Waals surface area (Å²) in [7, 11) is 0. The van der Waals surface area contributed by atoms with E-state index in [0.29, 0.717) is 5.75 Å². The van der Waals surface area contributed by atoms with Crippen LogP contribution < -0.4 is 4.74 Å². The van der Waals surface area contributed by atoms with Crippen molar-refractivity contribution in [3.8, 4) is 5.75 Å². The predicted octanol–water partition coefficient (Wildman–Crippen LogP) is 1.09. The predicted molar refractivity (Wildman–Crippen MR) is 51.2 cm³/mol. The number of para-hydroxylation sites is 1. The molecule has 74 valence electrons. The lowest BCUT2D eigenvalue weighted by Crippen LogP contribution is -2.12. The third kappa shape index (κ3) is 2.34. The Bertz CT molecular complexity index is 445. The van der Waals surface area contributed by atoms with E-state index in [-0.39, 0.29) is 5.82 Å². The highest BCUT2D eigenvalue weighted by atomic mass is 16.5. The van der Waals surface area contributed by atoms with Crippen LogP contribution in [-0.2, 0) is 0 Å². The first-order chi connectivity index (χ1) is 7.36. The quantitative estimate of drug-likeness (QED) is 0.537. The van der Waals surface area contributed by atoms with Crippen molar-refractivity contribution in [1.82, 2.24) is 15.0 Å². The molecule has 0 N–H and O–H groups in total. The first-order valence-electron chi connectivity index (χ1n) is 4.25. The van der Waals surface area contributed by atoms with Crippen LogP contribution in [0.4, 0.5) is 0 Å². The molecule has 1 aromatic heterocycles. The number of carbonyl (C=O) groups excluding carboxylic acids is 1. The summed E-state index contributed by atoms with van der Waals surface area (Å²) in [6, 6.07) is 8.74. The number of nitrogens with zero attached hydrogens (tertiary/aromatic N) is 3. The molecule has 1 heterocycles. The number of hydrogen-bond acceptors (Lipinski definition) is 5. The van der Waals surface area contributed by atoms with Crippen molar-refractivity contribution in [1.29, 1.82) is 0 Å². The Balaban J connectivity index is 2.12. The molecule has 0 atom stereocenters. The highest BCUT2D eigenvalue weighted by Gasteiger charge is 2.10. The normalized spacial score (nSPS) is 9.60. The number of benzene rings is 1. The van der Waals surface area contributed by atoms with Gasteiger partial charge in [-0.05, 0) is 12.1 Å². The maximum atomic E-state index is 11.4. The number of hydrogen-bond donors (Lipinski definition) is 0. The second kappa shape index (κ2) is 4.28. The van der Waals surface area contributed by atoms with Crippen LogP contribution in [0.25, 0.3) is 0 Å². The fourth-order valence-electron chi connectivity index (χ4n) is 0.986. The Morgan fingerprint density at radius 3 is 2.40 bits per heavy atom. The molecular formula is C10H7N3O2. The van der Waals surface area contributed by atoms with Crippen molar-refractivity contribution in [3.05, 3.63) is 48.8 Å². The molecular weight excluding hydrogens is 194 g/mol. The second-order valence-corrected chi connectivity index (χ2v) is 2.66. The third-order valence-corrected chi connectivity index (χ3v) is 1.63. The average molecular weight is 201 g/mol. The van der Waals surface area contributed by atoms with Crippen LogP contribution >= 0.6 is 0 Å². The minimum Gasteiger partial charge on any atom is -0.421 e. The van der Waals surface area contributed by atoms with Gasteiger partial charge in [-0.2, -0.15) is 0 Å². The largest absolute Gasteiger partial charge is 0.421 e. The monoisotopic (exact) mass is 201 g/mol. The molecule has 0 saturated carbocycles. The molecule has 0 fully saturated rings. The van der Waals surface area contributed by atoms with Crippen LogP contribution in [0.2, 0.25) is 0 Å². The topological polar surface area (TPSA) is 65.0 Å². The van der Waals surface area contributed by atoms with Gasteiger partial charge in [0.25, 0.3) is 0 Å². The summed E-state index contributed by atoms with van der Waals surface area (Å²) in [4.78, 5) is 22.4. The van der Waals surface area contributed by atoms with Gasteiger partial charge in [0.05, 0.1) is 0 Å². The highest BCUT2D eigenvalue weighted by molar-refractivity contribution is 5.86.